The first-order valence-corrected chi connectivity index (χ1v) is 5.99. The highest BCUT2D eigenvalue weighted by Crippen LogP contribution is 2.08. The fourth-order valence-electron chi connectivity index (χ4n) is 1.93. The molecule has 2 amide bonds. The molecule has 0 spiro atoms. The Kier molecular flexibility index (Phi) is 5.71. The van der Waals surface area contributed by atoms with Crippen molar-refractivity contribution in [2.45, 2.75) is 19.0 Å². The molecule has 19 heavy (non-hydrogen) atoms. The number of nitrogens with one attached hydrogen (secondary N) is 2. The van der Waals surface area contributed by atoms with Gasteiger partial charge in [-0.15, -0.1) is 0 Å². The molecule has 2 atom stereocenters. The van der Waals surface area contributed by atoms with Gasteiger partial charge >= 0.3 is 5.97 Å². The molecule has 1 fully saturated rings. The van der Waals surface area contributed by atoms with Crippen LogP contribution in [0.5, 0.6) is 0 Å². The molecule has 1 rings (SSSR count). The molecule has 3 N–H and O–H groups in total. The number of hydrogen-bond donors (Lipinski definition) is 3. The maximum atomic E-state index is 11.7. The van der Waals surface area contributed by atoms with Crippen LogP contribution in [-0.2, 0) is 19.1 Å². The highest BCUT2D eigenvalue weighted by molar-refractivity contribution is 5.83. The Morgan fingerprint density at radius 1 is 1.47 bits per heavy atom. The van der Waals surface area contributed by atoms with Crippen LogP contribution in [0.25, 0.3) is 0 Å². The zero-order chi connectivity index (χ0) is 14.4. The zero-order valence-corrected chi connectivity index (χ0v) is 11.0. The molecule has 8 nitrogen and oxygen atoms in total. The molecule has 0 saturated carbocycles. The predicted molar refractivity (Wildman–Crippen MR) is 65.5 cm³/mol. The van der Waals surface area contributed by atoms with Crippen molar-refractivity contribution in [2.75, 3.05) is 33.4 Å². The van der Waals surface area contributed by atoms with Gasteiger partial charge in [-0.25, -0.2) is 4.79 Å². The maximum Gasteiger partial charge on any atom is 0.327 e. The van der Waals surface area contributed by atoms with E-state index < -0.39 is 24.0 Å². The number of carbonyl (C=O) groups excluding carboxylic acids is 2. The number of rotatable bonds is 5. The number of hydrogen-bond acceptors (Lipinski definition) is 5. The van der Waals surface area contributed by atoms with Crippen LogP contribution in [0.4, 0.5) is 0 Å². The van der Waals surface area contributed by atoms with Crippen molar-refractivity contribution in [1.82, 2.24) is 15.5 Å². The van der Waals surface area contributed by atoms with E-state index in [1.54, 1.807) is 4.90 Å². The van der Waals surface area contributed by atoms with Crippen LogP contribution in [0.3, 0.4) is 0 Å². The summed E-state index contributed by atoms with van der Waals surface area (Å²) in [6.07, 6.45) is 0. The van der Waals surface area contributed by atoms with Crippen LogP contribution in [-0.4, -0.2) is 73.2 Å². The van der Waals surface area contributed by atoms with Gasteiger partial charge in [-0.1, -0.05) is 0 Å². The second kappa shape index (κ2) is 7.05. The predicted octanol–water partition coefficient (Wildman–Crippen LogP) is -1.98. The fourth-order valence-corrected chi connectivity index (χ4v) is 1.93. The molecule has 108 valence electrons. The van der Waals surface area contributed by atoms with Crippen molar-refractivity contribution >= 4 is 17.8 Å². The molecule has 0 radical (unpaired) electrons. The minimum Gasteiger partial charge on any atom is -0.480 e. The minimum absolute atomic E-state index is 0.0658. The summed E-state index contributed by atoms with van der Waals surface area (Å²) in [5, 5.41) is 13.9. The molecule has 1 aliphatic rings. The van der Waals surface area contributed by atoms with E-state index in [0.717, 1.165) is 0 Å². The van der Waals surface area contributed by atoms with Crippen LogP contribution >= 0.6 is 0 Å². The quantitative estimate of drug-likeness (QED) is 0.536. The highest BCUT2D eigenvalue weighted by atomic mass is 16.5. The standard InChI is InChI=1S/C11H19N3O5/c1-7(15)13-8(11(17)18)5-14-3-4-19-6-9(14)10(16)12-2/h8-9H,3-6H2,1-2H3,(H,12,16)(H,13,15)(H,17,18). The Morgan fingerprint density at radius 3 is 2.68 bits per heavy atom. The van der Waals surface area contributed by atoms with Crippen LogP contribution < -0.4 is 10.6 Å². The lowest BCUT2D eigenvalue weighted by Crippen LogP contribution is -2.58. The number of ether oxygens (including phenoxy) is 1. The lowest BCUT2D eigenvalue weighted by Gasteiger charge is -2.35. The molecule has 0 aromatic carbocycles. The number of nitrogens with zero attached hydrogens (tertiary/aromatic N) is 1. The molecule has 1 heterocycles. The minimum atomic E-state index is -1.13. The van der Waals surface area contributed by atoms with Gasteiger partial charge in [-0.2, -0.15) is 0 Å². The zero-order valence-electron chi connectivity index (χ0n) is 11.0. The van der Waals surface area contributed by atoms with Crippen molar-refractivity contribution in [3.8, 4) is 0 Å². The lowest BCUT2D eigenvalue weighted by atomic mass is 10.1. The molecular formula is C11H19N3O5. The number of likely N-dealkylation sites (N-methyl/N-ethyl adjacent to an activating group) is 1. The summed E-state index contributed by atoms with van der Waals surface area (Å²) < 4.78 is 5.22. The van der Waals surface area contributed by atoms with Gasteiger partial charge in [0.2, 0.25) is 11.8 Å². The second-order valence-corrected chi connectivity index (χ2v) is 4.29. The largest absolute Gasteiger partial charge is 0.480 e. The van der Waals surface area contributed by atoms with Crippen LogP contribution in [0, 0.1) is 0 Å². The SMILES string of the molecule is CNC(=O)C1COCCN1CC(NC(C)=O)C(=O)O. The van der Waals surface area contributed by atoms with Gasteiger partial charge < -0.3 is 20.5 Å². The summed E-state index contributed by atoms with van der Waals surface area (Å²) in [5.41, 5.74) is 0. The van der Waals surface area contributed by atoms with Gasteiger partial charge in [0.05, 0.1) is 13.2 Å². The molecule has 8 heteroatoms. The first-order valence-electron chi connectivity index (χ1n) is 5.99. The van der Waals surface area contributed by atoms with Crippen molar-refractivity contribution in [3.63, 3.8) is 0 Å². The van der Waals surface area contributed by atoms with Gasteiger partial charge in [0, 0.05) is 27.1 Å². The highest BCUT2D eigenvalue weighted by Gasteiger charge is 2.32. The average molecular weight is 273 g/mol. The van der Waals surface area contributed by atoms with Gasteiger partial charge in [0.25, 0.3) is 0 Å². The number of carboxylic acids is 1. The van der Waals surface area contributed by atoms with E-state index in [9.17, 15) is 14.4 Å². The van der Waals surface area contributed by atoms with Crippen LogP contribution in [0.15, 0.2) is 0 Å². The van der Waals surface area contributed by atoms with Crippen molar-refractivity contribution in [2.24, 2.45) is 0 Å². The summed E-state index contributed by atoms with van der Waals surface area (Å²) in [7, 11) is 1.51. The molecule has 0 bridgehead atoms. The van der Waals surface area contributed by atoms with E-state index in [1.165, 1.54) is 14.0 Å². The summed E-state index contributed by atoms with van der Waals surface area (Å²) in [6.45, 7) is 2.41. The number of morpholine rings is 1. The number of carboxylic acid groups (broad SMARTS) is 1. The van der Waals surface area contributed by atoms with E-state index in [1.807, 2.05) is 0 Å². The van der Waals surface area contributed by atoms with E-state index in [4.69, 9.17) is 9.84 Å². The Morgan fingerprint density at radius 2 is 2.16 bits per heavy atom. The summed E-state index contributed by atoms with van der Waals surface area (Å²) >= 11 is 0. The average Bonchev–Trinajstić information content (AvgIpc) is 2.37. The summed E-state index contributed by atoms with van der Waals surface area (Å²) in [6, 6.07) is -1.57. The Labute approximate surface area is 111 Å². The normalized spacial score (nSPS) is 21.5. The first-order chi connectivity index (χ1) is 8.95. The van der Waals surface area contributed by atoms with Crippen LogP contribution in [0.2, 0.25) is 0 Å². The third kappa shape index (κ3) is 4.49. The maximum absolute atomic E-state index is 11.7. The fraction of sp³-hybridized carbons (Fsp3) is 0.727. The van der Waals surface area contributed by atoms with E-state index in [0.29, 0.717) is 13.2 Å². The topological polar surface area (TPSA) is 108 Å². The van der Waals surface area contributed by atoms with Gasteiger partial charge in [0.15, 0.2) is 0 Å². The van der Waals surface area contributed by atoms with Crippen molar-refractivity contribution in [1.29, 1.82) is 0 Å². The Balaban J connectivity index is 2.71. The van der Waals surface area contributed by atoms with Crippen molar-refractivity contribution < 1.29 is 24.2 Å². The molecule has 1 aliphatic heterocycles. The van der Waals surface area contributed by atoms with E-state index >= 15 is 0 Å². The summed E-state index contributed by atoms with van der Waals surface area (Å²) in [5.74, 6) is -1.78. The molecule has 0 aliphatic carbocycles. The first kappa shape index (κ1) is 15.4. The molecule has 1 saturated heterocycles. The molecule has 0 aromatic rings. The molecular weight excluding hydrogens is 254 g/mol. The monoisotopic (exact) mass is 273 g/mol. The number of carbonyl (C=O) groups is 3. The molecule has 0 aromatic heterocycles. The molecule has 2 unspecified atom stereocenters. The van der Waals surface area contributed by atoms with Gasteiger partial charge in [-0.05, 0) is 0 Å². The lowest BCUT2D eigenvalue weighted by molar-refractivity contribution is -0.144. The Hall–Kier alpha value is -1.67. The third-order valence-corrected chi connectivity index (χ3v) is 2.88. The van der Waals surface area contributed by atoms with Crippen molar-refractivity contribution in [3.05, 3.63) is 0 Å². The van der Waals surface area contributed by atoms with Gasteiger partial charge in [-0.3, -0.25) is 14.5 Å². The second-order valence-electron chi connectivity index (χ2n) is 4.29. The smallest absolute Gasteiger partial charge is 0.327 e. The number of amides is 2. The summed E-state index contributed by atoms with van der Waals surface area (Å²) in [4.78, 5) is 35.4. The number of aliphatic carboxylic acids is 1. The van der Waals surface area contributed by atoms with Crippen LogP contribution in [0.1, 0.15) is 6.92 Å². The van der Waals surface area contributed by atoms with E-state index in [2.05, 4.69) is 10.6 Å². The third-order valence-electron chi connectivity index (χ3n) is 2.88. The van der Waals surface area contributed by atoms with Gasteiger partial charge in [0.1, 0.15) is 12.1 Å². The Bertz CT molecular complexity index is 360. The van der Waals surface area contributed by atoms with E-state index in [-0.39, 0.29) is 19.1 Å².